The Bertz CT molecular complexity index is 1000. The third-order valence-electron chi connectivity index (χ3n) is 4.89. The average Bonchev–Trinajstić information content (AvgIpc) is 3.35. The zero-order valence-electron chi connectivity index (χ0n) is 14.9. The van der Waals surface area contributed by atoms with Gasteiger partial charge in [-0.3, -0.25) is 19.8 Å². The van der Waals surface area contributed by atoms with Gasteiger partial charge in [-0.15, -0.1) is 0 Å². The number of aromatic amines is 2. The van der Waals surface area contributed by atoms with Gasteiger partial charge in [-0.05, 0) is 31.5 Å². The fraction of sp³-hybridized carbons (Fsp3) is 0.316. The Kier molecular flexibility index (Phi) is 4.41. The number of aryl methyl sites for hydroxylation is 1. The van der Waals surface area contributed by atoms with Crippen molar-refractivity contribution in [3.63, 3.8) is 0 Å². The van der Waals surface area contributed by atoms with E-state index >= 15 is 0 Å². The summed E-state index contributed by atoms with van der Waals surface area (Å²) in [5, 5.41) is 20.3. The molecule has 4 rings (SSSR count). The van der Waals surface area contributed by atoms with Gasteiger partial charge in [0.2, 0.25) is 0 Å². The van der Waals surface area contributed by atoms with Gasteiger partial charge in [0, 0.05) is 30.8 Å². The Morgan fingerprint density at radius 1 is 1.26 bits per heavy atom. The molecule has 3 N–H and O–H groups in total. The number of aliphatic hydroxyl groups excluding tert-OH is 1. The summed E-state index contributed by atoms with van der Waals surface area (Å²) >= 11 is 0. The van der Waals surface area contributed by atoms with Crippen molar-refractivity contribution in [2.75, 3.05) is 13.1 Å². The molecule has 27 heavy (non-hydrogen) atoms. The summed E-state index contributed by atoms with van der Waals surface area (Å²) in [7, 11) is 0. The molecular weight excluding hydrogens is 346 g/mol. The molecule has 1 aliphatic heterocycles. The zero-order chi connectivity index (χ0) is 19.0. The molecule has 0 bridgehead atoms. The maximum absolute atomic E-state index is 12.8. The van der Waals surface area contributed by atoms with Crippen LogP contribution in [0.1, 0.15) is 21.9 Å². The molecule has 0 saturated carbocycles. The summed E-state index contributed by atoms with van der Waals surface area (Å²) < 4.78 is 1.34. The Hall–Kier alpha value is -3.13. The summed E-state index contributed by atoms with van der Waals surface area (Å²) in [6.07, 6.45) is -0.0227. The third kappa shape index (κ3) is 3.43. The summed E-state index contributed by atoms with van der Waals surface area (Å²) in [5.41, 5.74) is 2.41. The number of nitrogens with zero attached hydrogens (tertiary/aromatic N) is 3. The van der Waals surface area contributed by atoms with Crippen molar-refractivity contribution in [2.24, 2.45) is 5.92 Å². The first-order valence-corrected chi connectivity index (χ1v) is 8.87. The first kappa shape index (κ1) is 17.3. The second-order valence-electron chi connectivity index (χ2n) is 6.96. The maximum atomic E-state index is 12.8. The molecule has 140 valence electrons. The van der Waals surface area contributed by atoms with E-state index in [9.17, 15) is 14.7 Å². The minimum absolute atomic E-state index is 0.0837. The molecule has 1 amide bonds. The molecule has 1 aromatic carbocycles. The Labute approximate surface area is 155 Å². The van der Waals surface area contributed by atoms with E-state index in [-0.39, 0.29) is 29.6 Å². The number of aromatic nitrogens is 4. The van der Waals surface area contributed by atoms with Crippen LogP contribution in [-0.4, -0.2) is 55.1 Å². The molecule has 1 aliphatic rings. The number of para-hydroxylation sites is 1. The quantitative estimate of drug-likeness (QED) is 0.636. The Morgan fingerprint density at radius 2 is 2.04 bits per heavy atom. The van der Waals surface area contributed by atoms with Crippen LogP contribution in [0.5, 0.6) is 0 Å². The summed E-state index contributed by atoms with van der Waals surface area (Å²) in [4.78, 5) is 26.6. The Balaban J connectivity index is 1.49. The molecule has 1 saturated heterocycles. The molecule has 0 unspecified atom stereocenters. The van der Waals surface area contributed by atoms with Crippen molar-refractivity contribution in [1.29, 1.82) is 0 Å². The highest BCUT2D eigenvalue weighted by Crippen LogP contribution is 2.22. The minimum atomic E-state index is -0.617. The van der Waals surface area contributed by atoms with Crippen molar-refractivity contribution in [3.8, 4) is 5.69 Å². The highest BCUT2D eigenvalue weighted by atomic mass is 16.3. The molecule has 3 aromatic rings. The second kappa shape index (κ2) is 6.88. The predicted molar refractivity (Wildman–Crippen MR) is 98.8 cm³/mol. The van der Waals surface area contributed by atoms with Crippen LogP contribution in [0.3, 0.4) is 0 Å². The number of carbonyl (C=O) groups is 1. The van der Waals surface area contributed by atoms with E-state index in [0.717, 1.165) is 11.4 Å². The summed E-state index contributed by atoms with van der Waals surface area (Å²) in [6, 6.07) is 12.3. The first-order valence-electron chi connectivity index (χ1n) is 8.87. The van der Waals surface area contributed by atoms with Gasteiger partial charge in [0.1, 0.15) is 5.69 Å². The number of H-pyrrole nitrogens is 2. The number of aliphatic hydroxyl groups is 1. The molecule has 3 heterocycles. The highest BCUT2D eigenvalue weighted by Gasteiger charge is 2.35. The average molecular weight is 367 g/mol. The van der Waals surface area contributed by atoms with Gasteiger partial charge in [0.15, 0.2) is 0 Å². The lowest BCUT2D eigenvalue weighted by Gasteiger charge is -2.14. The van der Waals surface area contributed by atoms with E-state index < -0.39 is 6.10 Å². The lowest BCUT2D eigenvalue weighted by atomic mass is 10.0. The molecule has 0 spiro atoms. The third-order valence-corrected chi connectivity index (χ3v) is 4.89. The number of carbonyl (C=O) groups excluding carboxylic acids is 1. The fourth-order valence-corrected chi connectivity index (χ4v) is 3.51. The number of benzene rings is 1. The molecule has 8 nitrogen and oxygen atoms in total. The molecule has 2 aromatic heterocycles. The maximum Gasteiger partial charge on any atom is 0.272 e. The first-order chi connectivity index (χ1) is 13.0. The predicted octanol–water partition coefficient (Wildman–Crippen LogP) is 0.873. The second-order valence-corrected chi connectivity index (χ2v) is 6.96. The van der Waals surface area contributed by atoms with Crippen LogP contribution >= 0.6 is 0 Å². The zero-order valence-corrected chi connectivity index (χ0v) is 14.9. The number of amides is 1. The topological polar surface area (TPSA) is 107 Å². The molecule has 0 radical (unpaired) electrons. The van der Waals surface area contributed by atoms with Crippen molar-refractivity contribution < 1.29 is 9.90 Å². The molecule has 2 atom stereocenters. The lowest BCUT2D eigenvalue weighted by molar-refractivity contribution is 0.0758. The standard InChI is InChI=1S/C19H21N5O3/c1-12-7-14(21-20-12)8-13-10-23(11-17(13)25)19(27)16-9-18(26)24(22-16)15-5-3-2-4-6-15/h2-7,9,13,17,22,25H,8,10-11H2,1H3,(H,20,21)/t13-,17-/m1/s1. The molecule has 1 fully saturated rings. The van der Waals surface area contributed by atoms with Gasteiger partial charge >= 0.3 is 0 Å². The molecule has 8 heteroatoms. The van der Waals surface area contributed by atoms with Crippen LogP contribution < -0.4 is 5.56 Å². The Morgan fingerprint density at radius 3 is 2.74 bits per heavy atom. The number of likely N-dealkylation sites (tertiary alicyclic amines) is 1. The number of hydrogen-bond donors (Lipinski definition) is 3. The number of β-amino-alcohol motifs (C(OH)–C–C–N with tert-alkyl or cyclic N) is 1. The number of nitrogens with one attached hydrogen (secondary N) is 2. The number of rotatable bonds is 4. The van der Waals surface area contributed by atoms with Gasteiger partial charge < -0.3 is 10.0 Å². The monoisotopic (exact) mass is 367 g/mol. The van der Waals surface area contributed by atoms with E-state index in [1.165, 1.54) is 10.7 Å². The van der Waals surface area contributed by atoms with E-state index in [0.29, 0.717) is 18.7 Å². The van der Waals surface area contributed by atoms with Crippen molar-refractivity contribution in [3.05, 3.63) is 69.9 Å². The van der Waals surface area contributed by atoms with Gasteiger partial charge in [-0.1, -0.05) is 18.2 Å². The SMILES string of the molecule is Cc1cc(C[C@@H]2CN(C(=O)c3cc(=O)n(-c4ccccc4)[nH]3)C[C@H]2O)n[nH]1. The van der Waals surface area contributed by atoms with E-state index in [1.54, 1.807) is 17.0 Å². The van der Waals surface area contributed by atoms with Crippen molar-refractivity contribution in [2.45, 2.75) is 19.4 Å². The van der Waals surface area contributed by atoms with Gasteiger partial charge in [0.05, 0.1) is 17.5 Å². The van der Waals surface area contributed by atoms with Gasteiger partial charge in [-0.25, -0.2) is 4.68 Å². The molecule has 0 aliphatic carbocycles. The number of hydrogen-bond acceptors (Lipinski definition) is 4. The summed E-state index contributed by atoms with van der Waals surface area (Å²) in [6.45, 7) is 2.58. The van der Waals surface area contributed by atoms with Gasteiger partial charge in [-0.2, -0.15) is 5.10 Å². The van der Waals surface area contributed by atoms with Crippen LogP contribution in [0.25, 0.3) is 5.69 Å². The largest absolute Gasteiger partial charge is 0.391 e. The highest BCUT2D eigenvalue weighted by molar-refractivity contribution is 5.92. The van der Waals surface area contributed by atoms with Gasteiger partial charge in [0.25, 0.3) is 11.5 Å². The van der Waals surface area contributed by atoms with E-state index in [2.05, 4.69) is 15.3 Å². The van der Waals surface area contributed by atoms with Crippen LogP contribution in [0, 0.1) is 12.8 Å². The van der Waals surface area contributed by atoms with Crippen LogP contribution in [0.2, 0.25) is 0 Å². The fourth-order valence-electron chi connectivity index (χ4n) is 3.51. The van der Waals surface area contributed by atoms with Crippen molar-refractivity contribution in [1.82, 2.24) is 24.9 Å². The van der Waals surface area contributed by atoms with E-state index in [1.807, 2.05) is 31.2 Å². The minimum Gasteiger partial charge on any atom is -0.391 e. The lowest BCUT2D eigenvalue weighted by Crippen LogP contribution is -2.30. The van der Waals surface area contributed by atoms with Crippen molar-refractivity contribution >= 4 is 5.91 Å². The van der Waals surface area contributed by atoms with Crippen LogP contribution in [0.4, 0.5) is 0 Å². The normalized spacial score (nSPS) is 19.6. The van der Waals surface area contributed by atoms with E-state index in [4.69, 9.17) is 0 Å². The smallest absolute Gasteiger partial charge is 0.272 e. The summed E-state index contributed by atoms with van der Waals surface area (Å²) in [5.74, 6) is -0.374. The molecular formula is C19H21N5O3. The van der Waals surface area contributed by atoms with Crippen LogP contribution in [-0.2, 0) is 6.42 Å². The van der Waals surface area contributed by atoms with Crippen LogP contribution in [0.15, 0.2) is 47.3 Å².